The minimum absolute atomic E-state index is 0.539. The van der Waals surface area contributed by atoms with Crippen LogP contribution in [0.3, 0.4) is 0 Å². The topological polar surface area (TPSA) is 3.24 Å². The molecule has 16 rings (SSSR count). The molecule has 75 heavy (non-hydrogen) atoms. The predicted octanol–water partition coefficient (Wildman–Crippen LogP) is 19.0. The van der Waals surface area contributed by atoms with Gasteiger partial charge in [-0.2, -0.15) is 0 Å². The van der Waals surface area contributed by atoms with E-state index in [0.29, 0.717) is 0 Å². The molecule has 0 fully saturated rings. The summed E-state index contributed by atoms with van der Waals surface area (Å²) in [5.41, 5.74) is 22.5. The van der Waals surface area contributed by atoms with Crippen molar-refractivity contribution < 1.29 is 0 Å². The van der Waals surface area contributed by atoms with Gasteiger partial charge in [-0.3, -0.25) is 0 Å². The Bertz CT molecular complexity index is 4350. The molecule has 0 saturated heterocycles. The van der Waals surface area contributed by atoms with Gasteiger partial charge in [-0.05, 0) is 152 Å². The van der Waals surface area contributed by atoms with E-state index in [1.54, 1.807) is 0 Å². The molecule has 0 radical (unpaired) electrons. The summed E-state index contributed by atoms with van der Waals surface area (Å²) in [6, 6.07) is 108. The highest BCUT2D eigenvalue weighted by atomic mass is 15.1. The van der Waals surface area contributed by atoms with E-state index in [0.717, 1.165) is 17.1 Å². The maximum Gasteiger partial charge on any atom is 0.0726 e. The zero-order valence-corrected chi connectivity index (χ0v) is 41.1. The molecule has 13 aromatic rings. The lowest BCUT2D eigenvalue weighted by atomic mass is 9.67. The van der Waals surface area contributed by atoms with Crippen molar-refractivity contribution in [1.29, 1.82) is 0 Å². The third-order valence-electron chi connectivity index (χ3n) is 17.1. The lowest BCUT2D eigenvalue weighted by molar-refractivity contribution is 0.768. The molecule has 0 atom stereocenters. The Morgan fingerprint density at radius 2 is 0.587 bits per heavy atom. The highest BCUT2D eigenvalue weighted by molar-refractivity contribution is 6.26. The molecule has 1 nitrogen and oxygen atoms in total. The largest absolute Gasteiger partial charge is 0.310 e. The Labute approximate surface area is 436 Å². The SMILES string of the molecule is c1ccc(-c2cc3c(cc2N(c2ccc4c(c2)C(c2ccccc2)(c2ccccc2)c2ccccc2-4)c2ccc4c5ccccc5c5ccccc5c4c2)C2(c4ccccc4-c4ccccc42)c2ccccc2-3)cc1. The van der Waals surface area contributed by atoms with Gasteiger partial charge >= 0.3 is 0 Å². The fourth-order valence-corrected chi connectivity index (χ4v) is 14.2. The second-order valence-electron chi connectivity index (χ2n) is 20.6. The van der Waals surface area contributed by atoms with Crippen molar-refractivity contribution in [2.45, 2.75) is 10.8 Å². The van der Waals surface area contributed by atoms with E-state index in [2.05, 4.69) is 290 Å². The standard InChI is InChI=1S/C74H47N/c1-4-22-48(23-5-1)63-46-65-61-35-17-21-39-69(61)74(67-37-19-15-32-58(67)59-33-16-20-38-68(59)74)71(65)47-72(63)75(51-40-42-57-55-30-11-10-28-53(55)54-29-12-13-31-56(54)64(57)44-51)52-41-43-62-60-34-14-18-36-66(60)73(70(62)45-52,49-24-6-2-7-25-49)50-26-8-3-9-27-50/h1-47H. The summed E-state index contributed by atoms with van der Waals surface area (Å²) in [5, 5.41) is 7.51. The average Bonchev–Trinajstić information content (AvgIpc) is 4.28. The Kier molecular flexibility index (Phi) is 8.94. The van der Waals surface area contributed by atoms with Crippen LogP contribution in [0.1, 0.15) is 44.5 Å². The third kappa shape index (κ3) is 5.67. The molecule has 0 unspecified atom stereocenters. The zero-order chi connectivity index (χ0) is 49.2. The fraction of sp³-hybridized carbons (Fsp3) is 0.0270. The van der Waals surface area contributed by atoms with E-state index >= 15 is 0 Å². The third-order valence-corrected chi connectivity index (χ3v) is 17.1. The van der Waals surface area contributed by atoms with Gasteiger partial charge in [0.05, 0.1) is 16.5 Å². The second-order valence-corrected chi connectivity index (χ2v) is 20.6. The van der Waals surface area contributed by atoms with E-state index in [1.165, 1.54) is 121 Å². The quantitative estimate of drug-likeness (QED) is 0.150. The summed E-state index contributed by atoms with van der Waals surface area (Å²) >= 11 is 0. The van der Waals surface area contributed by atoms with Crippen molar-refractivity contribution in [2.24, 2.45) is 0 Å². The summed E-state index contributed by atoms with van der Waals surface area (Å²) in [6.07, 6.45) is 0. The smallest absolute Gasteiger partial charge is 0.0726 e. The van der Waals surface area contributed by atoms with Crippen LogP contribution in [0.25, 0.3) is 76.8 Å². The molecule has 0 saturated carbocycles. The maximum atomic E-state index is 2.60. The van der Waals surface area contributed by atoms with Gasteiger partial charge < -0.3 is 4.90 Å². The molecule has 0 aliphatic heterocycles. The molecule has 3 aliphatic carbocycles. The first-order chi connectivity index (χ1) is 37.2. The van der Waals surface area contributed by atoms with Crippen LogP contribution < -0.4 is 4.90 Å². The first-order valence-electron chi connectivity index (χ1n) is 26.2. The van der Waals surface area contributed by atoms with Crippen molar-refractivity contribution in [1.82, 2.24) is 0 Å². The van der Waals surface area contributed by atoms with Gasteiger partial charge in [0.25, 0.3) is 0 Å². The summed E-state index contributed by atoms with van der Waals surface area (Å²) in [4.78, 5) is 2.60. The Morgan fingerprint density at radius 3 is 1.12 bits per heavy atom. The summed E-state index contributed by atoms with van der Waals surface area (Å²) < 4.78 is 0. The Hall–Kier alpha value is -9.56. The Balaban J connectivity index is 1.05. The number of hydrogen-bond acceptors (Lipinski definition) is 1. The van der Waals surface area contributed by atoms with Crippen LogP contribution in [0.5, 0.6) is 0 Å². The molecule has 348 valence electrons. The molecule has 0 heterocycles. The van der Waals surface area contributed by atoms with Crippen LogP contribution in [0, 0.1) is 0 Å². The normalized spacial score (nSPS) is 13.8. The van der Waals surface area contributed by atoms with Crippen LogP contribution >= 0.6 is 0 Å². The highest BCUT2D eigenvalue weighted by Crippen LogP contribution is 2.65. The lowest BCUT2D eigenvalue weighted by Gasteiger charge is -2.36. The van der Waals surface area contributed by atoms with Gasteiger partial charge in [0.1, 0.15) is 0 Å². The summed E-state index contributed by atoms with van der Waals surface area (Å²) in [5.74, 6) is 0. The van der Waals surface area contributed by atoms with Crippen molar-refractivity contribution >= 4 is 49.4 Å². The summed E-state index contributed by atoms with van der Waals surface area (Å²) in [6.45, 7) is 0. The van der Waals surface area contributed by atoms with E-state index in [1.807, 2.05) is 0 Å². The number of rotatable bonds is 6. The van der Waals surface area contributed by atoms with E-state index < -0.39 is 10.8 Å². The molecule has 0 bridgehead atoms. The van der Waals surface area contributed by atoms with Crippen LogP contribution in [0.2, 0.25) is 0 Å². The van der Waals surface area contributed by atoms with Gasteiger partial charge in [0.2, 0.25) is 0 Å². The zero-order valence-electron chi connectivity index (χ0n) is 41.1. The van der Waals surface area contributed by atoms with Gasteiger partial charge in [-0.1, -0.05) is 249 Å². The number of nitrogens with zero attached hydrogens (tertiary/aromatic N) is 1. The Morgan fingerprint density at radius 1 is 0.213 bits per heavy atom. The van der Waals surface area contributed by atoms with E-state index in [4.69, 9.17) is 0 Å². The van der Waals surface area contributed by atoms with Crippen molar-refractivity contribution in [3.8, 4) is 44.5 Å². The van der Waals surface area contributed by atoms with Gasteiger partial charge in [0.15, 0.2) is 0 Å². The molecular formula is C74H47N. The van der Waals surface area contributed by atoms with Gasteiger partial charge in [0, 0.05) is 16.9 Å². The maximum absolute atomic E-state index is 2.60. The van der Waals surface area contributed by atoms with Crippen molar-refractivity contribution in [3.05, 3.63) is 330 Å². The number of benzene rings is 13. The monoisotopic (exact) mass is 949 g/mol. The molecule has 0 N–H and O–H groups in total. The first-order valence-corrected chi connectivity index (χ1v) is 26.2. The van der Waals surface area contributed by atoms with Gasteiger partial charge in [-0.25, -0.2) is 0 Å². The summed E-state index contributed by atoms with van der Waals surface area (Å²) in [7, 11) is 0. The van der Waals surface area contributed by atoms with Crippen LogP contribution in [-0.2, 0) is 10.8 Å². The van der Waals surface area contributed by atoms with Crippen LogP contribution in [0.4, 0.5) is 17.1 Å². The van der Waals surface area contributed by atoms with Crippen LogP contribution in [-0.4, -0.2) is 0 Å². The molecular weight excluding hydrogens is 903 g/mol. The first kappa shape index (κ1) is 42.0. The second kappa shape index (κ2) is 16.0. The molecule has 1 spiro atoms. The number of hydrogen-bond donors (Lipinski definition) is 0. The van der Waals surface area contributed by atoms with Crippen LogP contribution in [0.15, 0.2) is 285 Å². The van der Waals surface area contributed by atoms with E-state index in [9.17, 15) is 0 Å². The molecule has 0 amide bonds. The molecule has 0 aromatic heterocycles. The number of anilines is 3. The molecule has 13 aromatic carbocycles. The highest BCUT2D eigenvalue weighted by Gasteiger charge is 2.52. The minimum Gasteiger partial charge on any atom is -0.310 e. The lowest BCUT2D eigenvalue weighted by Crippen LogP contribution is -2.28. The fourth-order valence-electron chi connectivity index (χ4n) is 14.2. The van der Waals surface area contributed by atoms with E-state index in [-0.39, 0.29) is 0 Å². The van der Waals surface area contributed by atoms with Crippen molar-refractivity contribution in [2.75, 3.05) is 4.90 Å². The molecule has 3 aliphatic rings. The van der Waals surface area contributed by atoms with Gasteiger partial charge in [-0.15, -0.1) is 0 Å². The minimum atomic E-state index is -0.586. The average molecular weight is 950 g/mol. The van der Waals surface area contributed by atoms with Crippen molar-refractivity contribution in [3.63, 3.8) is 0 Å². The predicted molar refractivity (Wildman–Crippen MR) is 313 cm³/mol. The molecule has 1 heteroatoms. The number of fused-ring (bicyclic) bond motifs is 19.